The van der Waals surface area contributed by atoms with Crippen LogP contribution in [-0.4, -0.2) is 37.9 Å². The number of aryl methyl sites for hydroxylation is 1. The predicted molar refractivity (Wildman–Crippen MR) is 73.1 cm³/mol. The first-order valence-corrected chi connectivity index (χ1v) is 6.41. The third-order valence-electron chi connectivity index (χ3n) is 2.30. The van der Waals surface area contributed by atoms with Gasteiger partial charge >= 0.3 is 12.0 Å². The Bertz CT molecular complexity index is 569. The van der Waals surface area contributed by atoms with Crippen LogP contribution >= 0.6 is 0 Å². The van der Waals surface area contributed by atoms with Crippen molar-refractivity contribution in [1.82, 2.24) is 24.7 Å². The summed E-state index contributed by atoms with van der Waals surface area (Å²) in [5.74, 6) is 0.948. The van der Waals surface area contributed by atoms with E-state index < -0.39 is 0 Å². The highest BCUT2D eigenvalue weighted by Crippen LogP contribution is 2.20. The first kappa shape index (κ1) is 14.0. The molecule has 20 heavy (non-hydrogen) atoms. The smallest absolute Gasteiger partial charge is 0.330 e. The van der Waals surface area contributed by atoms with Crippen LogP contribution in [0.25, 0.3) is 0 Å². The van der Waals surface area contributed by atoms with Crippen LogP contribution in [-0.2, 0) is 6.54 Å². The minimum atomic E-state index is -0.0298. The molecule has 0 spiro atoms. The summed E-state index contributed by atoms with van der Waals surface area (Å²) in [5, 5.41) is 6.96. The van der Waals surface area contributed by atoms with Crippen molar-refractivity contribution in [3.63, 3.8) is 0 Å². The molecule has 2 aromatic heterocycles. The van der Waals surface area contributed by atoms with Crippen LogP contribution in [0.2, 0.25) is 0 Å². The first-order valence-electron chi connectivity index (χ1n) is 6.41. The Morgan fingerprint density at radius 1 is 1.25 bits per heavy atom. The SMILES string of the molecule is CCn1cc(Oc2nc(NC)nc(OC(C)C)n2)cn1. The minimum Gasteiger partial charge on any atom is -0.461 e. The van der Waals surface area contributed by atoms with Crippen molar-refractivity contribution in [3.05, 3.63) is 12.4 Å². The quantitative estimate of drug-likeness (QED) is 0.860. The fourth-order valence-corrected chi connectivity index (χ4v) is 1.43. The number of aromatic nitrogens is 5. The van der Waals surface area contributed by atoms with Crippen LogP contribution in [0.15, 0.2) is 12.4 Å². The van der Waals surface area contributed by atoms with Crippen molar-refractivity contribution in [2.24, 2.45) is 0 Å². The maximum atomic E-state index is 5.56. The molecule has 0 amide bonds. The Labute approximate surface area is 117 Å². The van der Waals surface area contributed by atoms with Gasteiger partial charge in [0.2, 0.25) is 5.95 Å². The zero-order valence-corrected chi connectivity index (χ0v) is 12.0. The van der Waals surface area contributed by atoms with Crippen molar-refractivity contribution in [3.8, 4) is 17.8 Å². The Balaban J connectivity index is 2.21. The van der Waals surface area contributed by atoms with E-state index in [0.717, 1.165) is 6.54 Å². The molecule has 2 rings (SSSR count). The van der Waals surface area contributed by atoms with E-state index in [0.29, 0.717) is 11.7 Å². The summed E-state index contributed by atoms with van der Waals surface area (Å²) in [6.45, 7) is 6.56. The van der Waals surface area contributed by atoms with Crippen molar-refractivity contribution in [2.45, 2.75) is 33.4 Å². The zero-order valence-electron chi connectivity index (χ0n) is 12.0. The zero-order chi connectivity index (χ0) is 14.5. The molecule has 0 fully saturated rings. The van der Waals surface area contributed by atoms with E-state index in [9.17, 15) is 0 Å². The third-order valence-corrected chi connectivity index (χ3v) is 2.30. The maximum absolute atomic E-state index is 5.56. The minimum absolute atomic E-state index is 0.0298. The Kier molecular flexibility index (Phi) is 4.34. The van der Waals surface area contributed by atoms with Gasteiger partial charge in [0.05, 0.1) is 18.5 Å². The van der Waals surface area contributed by atoms with Gasteiger partial charge in [-0.2, -0.15) is 15.1 Å². The molecule has 0 aliphatic heterocycles. The van der Waals surface area contributed by atoms with Crippen LogP contribution in [0.4, 0.5) is 5.95 Å². The average molecular weight is 278 g/mol. The highest BCUT2D eigenvalue weighted by molar-refractivity contribution is 5.28. The molecule has 0 aliphatic carbocycles. The van der Waals surface area contributed by atoms with E-state index in [4.69, 9.17) is 9.47 Å². The number of hydrogen-bond donors (Lipinski definition) is 1. The molecule has 2 heterocycles. The van der Waals surface area contributed by atoms with Crippen LogP contribution in [0, 0.1) is 0 Å². The van der Waals surface area contributed by atoms with Gasteiger partial charge in [-0.25, -0.2) is 0 Å². The lowest BCUT2D eigenvalue weighted by Crippen LogP contribution is -2.11. The van der Waals surface area contributed by atoms with Gasteiger partial charge in [-0.15, -0.1) is 4.98 Å². The third kappa shape index (κ3) is 3.56. The van der Waals surface area contributed by atoms with Crippen LogP contribution in [0.3, 0.4) is 0 Å². The fraction of sp³-hybridized carbons (Fsp3) is 0.500. The Morgan fingerprint density at radius 2 is 2.00 bits per heavy atom. The lowest BCUT2D eigenvalue weighted by Gasteiger charge is -2.09. The summed E-state index contributed by atoms with van der Waals surface area (Å²) >= 11 is 0. The normalized spacial score (nSPS) is 10.7. The highest BCUT2D eigenvalue weighted by Gasteiger charge is 2.11. The fourth-order valence-electron chi connectivity index (χ4n) is 1.43. The molecule has 0 bridgehead atoms. The number of hydrogen-bond acceptors (Lipinski definition) is 7. The second-order valence-corrected chi connectivity index (χ2v) is 4.27. The standard InChI is InChI=1S/C12H18N6O2/c1-5-18-7-9(6-14-18)20-12-16-10(13-4)15-11(17-12)19-8(2)3/h6-8H,5H2,1-4H3,(H,13,15,16,17). The second kappa shape index (κ2) is 6.18. The summed E-state index contributed by atoms with van der Waals surface area (Å²) in [6.07, 6.45) is 3.35. The molecular weight excluding hydrogens is 260 g/mol. The van der Waals surface area contributed by atoms with Gasteiger partial charge in [0, 0.05) is 13.6 Å². The molecule has 0 saturated heterocycles. The molecule has 2 aromatic rings. The van der Waals surface area contributed by atoms with E-state index in [-0.39, 0.29) is 18.1 Å². The highest BCUT2D eigenvalue weighted by atomic mass is 16.5. The average Bonchev–Trinajstić information content (AvgIpc) is 2.85. The summed E-state index contributed by atoms with van der Waals surface area (Å²) in [6, 6.07) is 0.382. The lowest BCUT2D eigenvalue weighted by molar-refractivity contribution is 0.218. The molecule has 8 nitrogen and oxygen atoms in total. The van der Waals surface area contributed by atoms with Crippen molar-refractivity contribution < 1.29 is 9.47 Å². The molecule has 0 aliphatic rings. The molecule has 0 saturated carbocycles. The predicted octanol–water partition coefficient (Wildman–Crippen LogP) is 1.71. The van der Waals surface area contributed by atoms with Gasteiger partial charge in [-0.05, 0) is 20.8 Å². The van der Waals surface area contributed by atoms with Crippen LogP contribution < -0.4 is 14.8 Å². The molecule has 0 atom stereocenters. The van der Waals surface area contributed by atoms with Gasteiger partial charge in [0.1, 0.15) is 0 Å². The summed E-state index contributed by atoms with van der Waals surface area (Å²) in [7, 11) is 1.72. The topological polar surface area (TPSA) is 87.0 Å². The molecule has 8 heteroatoms. The van der Waals surface area contributed by atoms with Crippen LogP contribution in [0.5, 0.6) is 17.8 Å². The van der Waals surface area contributed by atoms with Gasteiger partial charge in [0.15, 0.2) is 5.75 Å². The number of rotatable bonds is 6. The van der Waals surface area contributed by atoms with E-state index >= 15 is 0 Å². The maximum Gasteiger partial charge on any atom is 0.330 e. The van der Waals surface area contributed by atoms with Crippen molar-refractivity contribution >= 4 is 5.95 Å². The van der Waals surface area contributed by atoms with E-state index in [2.05, 4.69) is 25.4 Å². The molecule has 1 N–H and O–H groups in total. The van der Waals surface area contributed by atoms with E-state index in [1.807, 2.05) is 20.8 Å². The number of anilines is 1. The number of nitrogens with zero attached hydrogens (tertiary/aromatic N) is 5. The Hall–Kier alpha value is -2.38. The summed E-state index contributed by atoms with van der Waals surface area (Å²) in [4.78, 5) is 12.3. The van der Waals surface area contributed by atoms with Gasteiger partial charge in [-0.3, -0.25) is 4.68 Å². The monoisotopic (exact) mass is 278 g/mol. The molecule has 0 aromatic carbocycles. The summed E-state index contributed by atoms with van der Waals surface area (Å²) in [5.41, 5.74) is 0. The Morgan fingerprint density at radius 3 is 2.60 bits per heavy atom. The largest absolute Gasteiger partial charge is 0.461 e. The lowest BCUT2D eigenvalue weighted by atomic mass is 10.5. The second-order valence-electron chi connectivity index (χ2n) is 4.27. The van der Waals surface area contributed by atoms with E-state index in [1.165, 1.54) is 0 Å². The summed E-state index contributed by atoms with van der Waals surface area (Å²) < 4.78 is 12.8. The van der Waals surface area contributed by atoms with Crippen molar-refractivity contribution in [2.75, 3.05) is 12.4 Å². The molecule has 0 unspecified atom stereocenters. The van der Waals surface area contributed by atoms with Gasteiger partial charge in [-0.1, -0.05) is 0 Å². The number of ether oxygens (including phenoxy) is 2. The first-order chi connectivity index (χ1) is 9.60. The van der Waals surface area contributed by atoms with Gasteiger partial charge < -0.3 is 14.8 Å². The van der Waals surface area contributed by atoms with E-state index in [1.54, 1.807) is 24.1 Å². The van der Waals surface area contributed by atoms with Crippen LogP contribution in [0.1, 0.15) is 20.8 Å². The molecular formula is C12H18N6O2. The van der Waals surface area contributed by atoms with Gasteiger partial charge in [0.25, 0.3) is 0 Å². The number of nitrogens with one attached hydrogen (secondary N) is 1. The molecule has 0 radical (unpaired) electrons. The van der Waals surface area contributed by atoms with Crippen molar-refractivity contribution in [1.29, 1.82) is 0 Å². The molecule has 108 valence electrons.